The Morgan fingerprint density at radius 3 is 2.35 bits per heavy atom. The summed E-state index contributed by atoms with van der Waals surface area (Å²) in [4.78, 5) is 13.4. The SMILES string of the molecule is [2H]C([2H])([2H])c1cnc(-c2[c-]ccc3c2oc2nc(-c4c(C)cccc4C)ccc23)cc1C([2H])([2H])C.[Ir].[c-]1ccccc1-c1ccccn1. The average Bonchev–Trinajstić information content (AvgIpc) is 3.43. The molecule has 4 heterocycles. The van der Waals surface area contributed by atoms with E-state index >= 15 is 0 Å². The maximum Gasteiger partial charge on any atom is 0.216 e. The number of hydrogen-bond acceptors (Lipinski definition) is 4. The summed E-state index contributed by atoms with van der Waals surface area (Å²) in [6.45, 7) is 2.97. The molecule has 0 spiro atoms. The van der Waals surface area contributed by atoms with Gasteiger partial charge in [0.25, 0.3) is 0 Å². The number of benzene rings is 3. The van der Waals surface area contributed by atoms with Crippen LogP contribution >= 0.6 is 0 Å². The number of hydrogen-bond donors (Lipinski definition) is 0. The zero-order chi connectivity index (χ0) is 33.3. The number of rotatable bonds is 4. The van der Waals surface area contributed by atoms with Crippen LogP contribution in [0.5, 0.6) is 0 Å². The third kappa shape index (κ3) is 6.19. The fourth-order valence-electron chi connectivity index (χ4n) is 5.04. The first kappa shape index (κ1) is 24.0. The van der Waals surface area contributed by atoms with Gasteiger partial charge in [-0.1, -0.05) is 59.8 Å². The molecule has 4 aromatic heterocycles. The zero-order valence-electron chi connectivity index (χ0n) is 28.9. The van der Waals surface area contributed by atoms with Crippen LogP contribution in [0.3, 0.4) is 0 Å². The molecule has 7 rings (SSSR count). The van der Waals surface area contributed by atoms with Crippen LogP contribution in [0.2, 0.25) is 0 Å². The van der Waals surface area contributed by atoms with Crippen molar-refractivity contribution >= 4 is 22.1 Å². The monoisotopic (exact) mass is 743 g/mol. The van der Waals surface area contributed by atoms with Gasteiger partial charge in [-0.05, 0) is 73.3 Å². The summed E-state index contributed by atoms with van der Waals surface area (Å²) in [7, 11) is 0. The second-order valence-corrected chi connectivity index (χ2v) is 9.87. The smallest absolute Gasteiger partial charge is 0.216 e. The third-order valence-corrected chi connectivity index (χ3v) is 7.12. The van der Waals surface area contributed by atoms with Gasteiger partial charge in [-0.15, -0.1) is 54.1 Å². The molecule has 43 heavy (non-hydrogen) atoms. The Morgan fingerprint density at radius 2 is 1.63 bits per heavy atom. The number of pyridine rings is 3. The zero-order valence-corrected chi connectivity index (χ0v) is 26.3. The molecule has 5 heteroatoms. The molecule has 0 aliphatic heterocycles. The summed E-state index contributed by atoms with van der Waals surface area (Å²) < 4.78 is 46.0. The summed E-state index contributed by atoms with van der Waals surface area (Å²) in [5.41, 5.74) is 8.02. The van der Waals surface area contributed by atoms with E-state index in [2.05, 4.69) is 48.1 Å². The molecule has 0 saturated heterocycles. The fraction of sp³-hybridized carbons (Fsp3) is 0.132. The van der Waals surface area contributed by atoms with E-state index in [9.17, 15) is 0 Å². The third-order valence-electron chi connectivity index (χ3n) is 7.12. The van der Waals surface area contributed by atoms with Gasteiger partial charge in [0.05, 0.1) is 11.3 Å². The predicted molar refractivity (Wildman–Crippen MR) is 171 cm³/mol. The first-order valence-electron chi connectivity index (χ1n) is 16.1. The standard InChI is InChI=1S/C27H23N2O.C11H8N.Ir/c1-5-19-14-24(28-15-18(19)4)22-11-7-10-20-21-12-13-23(29-27(21)30-26(20)22)25-16(2)8-6-9-17(25)3;1-2-6-10(7-3-1)11-8-4-5-9-12-11;/h6-10,12-15H,5H2,1-4H3;1-6,8-9H;/q2*-1;/i4D3,5D2;;. The van der Waals surface area contributed by atoms with Crippen LogP contribution in [0.4, 0.5) is 0 Å². The first-order valence-corrected chi connectivity index (χ1v) is 13.6. The Labute approximate surface area is 273 Å². The molecule has 0 atom stereocenters. The molecule has 0 aliphatic rings. The molecule has 0 N–H and O–H groups in total. The van der Waals surface area contributed by atoms with Crippen LogP contribution in [0, 0.1) is 32.8 Å². The van der Waals surface area contributed by atoms with Crippen LogP contribution in [-0.2, 0) is 26.5 Å². The van der Waals surface area contributed by atoms with Crippen LogP contribution in [0.15, 0.2) is 108 Å². The van der Waals surface area contributed by atoms with Crippen LogP contribution in [-0.4, -0.2) is 15.0 Å². The number of nitrogens with zero attached hydrogens (tertiary/aromatic N) is 3. The number of aryl methyl sites for hydroxylation is 4. The summed E-state index contributed by atoms with van der Waals surface area (Å²) in [5, 5.41) is 1.67. The topological polar surface area (TPSA) is 51.8 Å². The molecule has 7 aromatic rings. The van der Waals surface area contributed by atoms with Crippen LogP contribution in [0.1, 0.15) is 36.0 Å². The summed E-state index contributed by atoms with van der Waals surface area (Å²) in [6, 6.07) is 35.2. The summed E-state index contributed by atoms with van der Waals surface area (Å²) in [6.07, 6.45) is 1.15. The van der Waals surface area contributed by atoms with Gasteiger partial charge in [-0.2, -0.15) is 0 Å². The van der Waals surface area contributed by atoms with Crippen molar-refractivity contribution < 1.29 is 31.4 Å². The minimum Gasteiger partial charge on any atom is -0.486 e. The molecule has 0 amide bonds. The van der Waals surface area contributed by atoms with Gasteiger partial charge in [0.15, 0.2) is 0 Å². The maximum atomic E-state index is 8.19. The van der Waals surface area contributed by atoms with Gasteiger partial charge in [-0.3, -0.25) is 0 Å². The van der Waals surface area contributed by atoms with Crippen molar-refractivity contribution in [2.75, 3.05) is 0 Å². The minimum atomic E-state index is -2.48. The van der Waals surface area contributed by atoms with Gasteiger partial charge < -0.3 is 14.4 Å². The molecule has 215 valence electrons. The van der Waals surface area contributed by atoms with Gasteiger partial charge in [0.1, 0.15) is 0 Å². The number of fused-ring (bicyclic) bond motifs is 3. The quantitative estimate of drug-likeness (QED) is 0.169. The van der Waals surface area contributed by atoms with Crippen molar-refractivity contribution in [1.29, 1.82) is 0 Å². The molecule has 1 radical (unpaired) electrons. The molecule has 0 bridgehead atoms. The van der Waals surface area contributed by atoms with E-state index in [1.165, 1.54) is 19.2 Å². The predicted octanol–water partition coefficient (Wildman–Crippen LogP) is 9.54. The normalized spacial score (nSPS) is 13.0. The van der Waals surface area contributed by atoms with E-state index in [0.29, 0.717) is 22.6 Å². The van der Waals surface area contributed by atoms with Crippen LogP contribution in [0.25, 0.3) is 55.8 Å². The van der Waals surface area contributed by atoms with Crippen molar-refractivity contribution in [2.24, 2.45) is 0 Å². The van der Waals surface area contributed by atoms with E-state index in [-0.39, 0.29) is 31.2 Å². The second-order valence-electron chi connectivity index (χ2n) is 9.87. The molecule has 0 aliphatic carbocycles. The molecule has 4 nitrogen and oxygen atoms in total. The fourth-order valence-corrected chi connectivity index (χ4v) is 5.04. The Morgan fingerprint density at radius 1 is 0.791 bits per heavy atom. The largest absolute Gasteiger partial charge is 0.486 e. The first-order chi connectivity index (χ1) is 22.4. The minimum absolute atomic E-state index is 0. The Hall–Kier alpha value is -4.44. The van der Waals surface area contributed by atoms with Crippen molar-refractivity contribution in [3.8, 4) is 33.8 Å². The Kier molecular flexibility index (Phi) is 7.41. The van der Waals surface area contributed by atoms with Crippen molar-refractivity contribution in [2.45, 2.75) is 34.0 Å². The maximum absolute atomic E-state index is 8.19. The molecule has 0 fully saturated rings. The van der Waals surface area contributed by atoms with Crippen LogP contribution < -0.4 is 0 Å². The van der Waals surface area contributed by atoms with Gasteiger partial charge in [-0.25, -0.2) is 4.98 Å². The van der Waals surface area contributed by atoms with E-state index in [1.807, 2.05) is 66.7 Å². The summed E-state index contributed by atoms with van der Waals surface area (Å²) in [5.74, 6) is 0. The average molecular weight is 743 g/mol. The van der Waals surface area contributed by atoms with E-state index in [0.717, 1.165) is 44.4 Å². The number of aromatic nitrogens is 3. The molecular weight excluding hydrogens is 707 g/mol. The van der Waals surface area contributed by atoms with Crippen molar-refractivity contribution in [3.05, 3.63) is 138 Å². The van der Waals surface area contributed by atoms with Gasteiger partial charge in [0.2, 0.25) is 5.71 Å². The molecule has 0 unspecified atom stereocenters. The molecular formula is C38H31IrN3O-2. The molecule has 0 saturated carbocycles. The second kappa shape index (κ2) is 13.2. The van der Waals surface area contributed by atoms with Gasteiger partial charge >= 0.3 is 0 Å². The van der Waals surface area contributed by atoms with Gasteiger partial charge in [0, 0.05) is 50.3 Å². The van der Waals surface area contributed by atoms with Crippen molar-refractivity contribution in [1.82, 2.24) is 15.0 Å². The van der Waals surface area contributed by atoms with E-state index in [1.54, 1.807) is 12.3 Å². The summed E-state index contributed by atoms with van der Waals surface area (Å²) >= 11 is 0. The molecule has 3 aromatic carbocycles. The van der Waals surface area contributed by atoms with E-state index in [4.69, 9.17) is 16.3 Å². The Bertz CT molecular complexity index is 2140. The van der Waals surface area contributed by atoms with Crippen molar-refractivity contribution in [3.63, 3.8) is 0 Å². The Balaban J connectivity index is 0.000000291. The number of furan rings is 1. The van der Waals surface area contributed by atoms with E-state index < -0.39 is 13.2 Å².